The highest BCUT2D eigenvalue weighted by atomic mass is 32.2. The molecule has 0 bridgehead atoms. The van der Waals surface area contributed by atoms with Gasteiger partial charge in [0.2, 0.25) is 15.9 Å². The van der Waals surface area contributed by atoms with Crippen LogP contribution in [0.1, 0.15) is 36.0 Å². The molecule has 9 heteroatoms. The SMILES string of the molecule is NC(=O)CCOc1ccc(NC(=O)c2ccccc2S(=O)(=O)N2CCCCC2)cc1. The second kappa shape index (κ2) is 9.73. The smallest absolute Gasteiger partial charge is 0.257 e. The van der Waals surface area contributed by atoms with Gasteiger partial charge in [0, 0.05) is 18.8 Å². The Kier molecular flexibility index (Phi) is 7.07. The number of carbonyl (C=O) groups is 2. The maximum atomic E-state index is 13.1. The van der Waals surface area contributed by atoms with Crippen molar-refractivity contribution >= 4 is 27.5 Å². The molecule has 8 nitrogen and oxygen atoms in total. The predicted octanol–water partition coefficient (Wildman–Crippen LogP) is 2.37. The van der Waals surface area contributed by atoms with Crippen molar-refractivity contribution < 1.29 is 22.7 Å². The third-order valence-corrected chi connectivity index (χ3v) is 6.75. The summed E-state index contributed by atoms with van der Waals surface area (Å²) < 4.78 is 32.9. The first-order valence-electron chi connectivity index (χ1n) is 9.79. The second-order valence-corrected chi connectivity index (χ2v) is 8.91. The summed E-state index contributed by atoms with van der Waals surface area (Å²) in [7, 11) is -3.74. The molecule has 2 amide bonds. The number of hydrogen-bond acceptors (Lipinski definition) is 5. The molecular formula is C21H25N3O5S. The van der Waals surface area contributed by atoms with Crippen LogP contribution in [0, 0.1) is 0 Å². The minimum absolute atomic E-state index is 0.0100. The molecule has 1 fully saturated rings. The fourth-order valence-corrected chi connectivity index (χ4v) is 4.93. The Bertz CT molecular complexity index is 1000. The van der Waals surface area contributed by atoms with E-state index in [-0.39, 0.29) is 23.5 Å². The highest BCUT2D eigenvalue weighted by Gasteiger charge is 2.29. The molecule has 0 spiro atoms. The molecule has 1 saturated heterocycles. The maximum absolute atomic E-state index is 13.1. The number of carbonyl (C=O) groups excluding carboxylic acids is 2. The van der Waals surface area contributed by atoms with Gasteiger partial charge in [0.15, 0.2) is 0 Å². The van der Waals surface area contributed by atoms with E-state index in [0.717, 1.165) is 19.3 Å². The number of benzene rings is 2. The van der Waals surface area contributed by atoms with E-state index in [9.17, 15) is 18.0 Å². The van der Waals surface area contributed by atoms with Crippen LogP contribution in [0.25, 0.3) is 0 Å². The predicted molar refractivity (Wildman–Crippen MR) is 113 cm³/mol. The average molecular weight is 432 g/mol. The van der Waals surface area contributed by atoms with Crippen molar-refractivity contribution in [3.8, 4) is 5.75 Å². The summed E-state index contributed by atoms with van der Waals surface area (Å²) in [5.74, 6) is -0.423. The minimum Gasteiger partial charge on any atom is -0.493 e. The van der Waals surface area contributed by atoms with E-state index >= 15 is 0 Å². The number of piperidine rings is 1. The van der Waals surface area contributed by atoms with Crippen LogP contribution >= 0.6 is 0 Å². The van der Waals surface area contributed by atoms with Crippen molar-refractivity contribution in [2.24, 2.45) is 5.73 Å². The van der Waals surface area contributed by atoms with E-state index in [2.05, 4.69) is 5.32 Å². The number of sulfonamides is 1. The van der Waals surface area contributed by atoms with Gasteiger partial charge in [0.1, 0.15) is 5.75 Å². The highest BCUT2D eigenvalue weighted by Crippen LogP contribution is 2.25. The van der Waals surface area contributed by atoms with Gasteiger partial charge < -0.3 is 15.8 Å². The molecule has 3 rings (SSSR count). The molecule has 0 saturated carbocycles. The Morgan fingerprint density at radius 2 is 1.67 bits per heavy atom. The fourth-order valence-electron chi connectivity index (χ4n) is 3.23. The number of ether oxygens (including phenoxy) is 1. The Labute approximate surface area is 176 Å². The summed E-state index contributed by atoms with van der Waals surface area (Å²) in [6.07, 6.45) is 2.76. The summed E-state index contributed by atoms with van der Waals surface area (Å²) >= 11 is 0. The molecule has 0 aromatic heterocycles. The zero-order valence-electron chi connectivity index (χ0n) is 16.5. The molecule has 2 aromatic rings. The number of amides is 2. The van der Waals surface area contributed by atoms with E-state index < -0.39 is 21.8 Å². The number of nitrogens with two attached hydrogens (primary N) is 1. The van der Waals surface area contributed by atoms with Crippen molar-refractivity contribution in [1.29, 1.82) is 0 Å². The van der Waals surface area contributed by atoms with Crippen LogP contribution in [0.2, 0.25) is 0 Å². The lowest BCUT2D eigenvalue weighted by molar-refractivity contribution is -0.118. The molecule has 30 heavy (non-hydrogen) atoms. The van der Waals surface area contributed by atoms with Crippen molar-refractivity contribution in [1.82, 2.24) is 4.31 Å². The molecule has 160 valence electrons. The quantitative estimate of drug-likeness (QED) is 0.665. The Morgan fingerprint density at radius 3 is 2.33 bits per heavy atom. The van der Waals surface area contributed by atoms with Crippen molar-refractivity contribution in [2.45, 2.75) is 30.6 Å². The number of hydrogen-bond donors (Lipinski definition) is 2. The second-order valence-electron chi connectivity index (χ2n) is 7.00. The standard InChI is InChI=1S/C21H25N3O5S/c22-20(25)12-15-29-17-10-8-16(9-11-17)23-21(26)18-6-2-3-7-19(18)30(27,28)24-13-4-1-5-14-24/h2-3,6-11H,1,4-5,12-15H2,(H2,22,25)(H,23,26). The third-order valence-electron chi connectivity index (χ3n) is 4.79. The van der Waals surface area contributed by atoms with Crippen LogP contribution in [0.5, 0.6) is 5.75 Å². The first-order valence-corrected chi connectivity index (χ1v) is 11.2. The van der Waals surface area contributed by atoms with Crippen molar-refractivity contribution in [3.05, 3.63) is 54.1 Å². The Balaban J connectivity index is 1.72. The summed E-state index contributed by atoms with van der Waals surface area (Å²) in [5.41, 5.74) is 5.66. The van der Waals surface area contributed by atoms with E-state index in [4.69, 9.17) is 10.5 Å². The Hall–Kier alpha value is -2.91. The van der Waals surface area contributed by atoms with Crippen molar-refractivity contribution in [2.75, 3.05) is 25.0 Å². The highest BCUT2D eigenvalue weighted by molar-refractivity contribution is 7.89. The van der Waals surface area contributed by atoms with Gasteiger partial charge >= 0.3 is 0 Å². The maximum Gasteiger partial charge on any atom is 0.257 e. The van der Waals surface area contributed by atoms with Gasteiger partial charge in [-0.2, -0.15) is 4.31 Å². The first-order chi connectivity index (χ1) is 14.4. The summed E-state index contributed by atoms with van der Waals surface area (Å²) in [5, 5.41) is 2.72. The molecule has 1 aliphatic rings. The third kappa shape index (κ3) is 5.37. The largest absolute Gasteiger partial charge is 0.493 e. The van der Waals surface area contributed by atoms with E-state index in [0.29, 0.717) is 24.5 Å². The van der Waals surface area contributed by atoms with Gasteiger partial charge in [-0.05, 0) is 49.2 Å². The van der Waals surface area contributed by atoms with Gasteiger partial charge in [-0.15, -0.1) is 0 Å². The first kappa shape index (κ1) is 21.8. The van der Waals surface area contributed by atoms with Crippen LogP contribution in [-0.4, -0.2) is 44.2 Å². The van der Waals surface area contributed by atoms with E-state index in [1.807, 2.05) is 0 Å². The zero-order chi connectivity index (χ0) is 21.6. The summed E-state index contributed by atoms with van der Waals surface area (Å²) in [6.45, 7) is 1.10. The van der Waals surface area contributed by atoms with Gasteiger partial charge in [0.05, 0.1) is 23.5 Å². The zero-order valence-corrected chi connectivity index (χ0v) is 17.4. The van der Waals surface area contributed by atoms with Crippen LogP contribution in [-0.2, 0) is 14.8 Å². The van der Waals surface area contributed by atoms with Crippen LogP contribution in [0.15, 0.2) is 53.4 Å². The van der Waals surface area contributed by atoms with E-state index in [1.54, 1.807) is 36.4 Å². The monoisotopic (exact) mass is 431 g/mol. The van der Waals surface area contributed by atoms with Gasteiger partial charge in [0.25, 0.3) is 5.91 Å². The summed E-state index contributed by atoms with van der Waals surface area (Å²) in [4.78, 5) is 23.6. The van der Waals surface area contributed by atoms with E-state index in [1.165, 1.54) is 16.4 Å². The average Bonchev–Trinajstić information content (AvgIpc) is 2.75. The van der Waals surface area contributed by atoms with Crippen LogP contribution in [0.3, 0.4) is 0 Å². The molecule has 0 atom stereocenters. The van der Waals surface area contributed by atoms with Gasteiger partial charge in [-0.25, -0.2) is 8.42 Å². The summed E-state index contributed by atoms with van der Waals surface area (Å²) in [6, 6.07) is 12.8. The van der Waals surface area contributed by atoms with Gasteiger partial charge in [-0.1, -0.05) is 18.6 Å². The van der Waals surface area contributed by atoms with Gasteiger partial charge in [-0.3, -0.25) is 9.59 Å². The normalized spacial score (nSPS) is 14.8. The molecule has 0 aliphatic carbocycles. The lowest BCUT2D eigenvalue weighted by Gasteiger charge is -2.26. The topological polar surface area (TPSA) is 119 Å². The number of nitrogens with zero attached hydrogens (tertiary/aromatic N) is 1. The molecular weight excluding hydrogens is 406 g/mol. The number of primary amides is 1. The number of nitrogens with one attached hydrogen (secondary N) is 1. The molecule has 2 aromatic carbocycles. The Morgan fingerprint density at radius 1 is 1.00 bits per heavy atom. The van der Waals surface area contributed by atoms with Crippen LogP contribution in [0.4, 0.5) is 5.69 Å². The molecule has 0 unspecified atom stereocenters. The van der Waals surface area contributed by atoms with Crippen LogP contribution < -0.4 is 15.8 Å². The number of rotatable bonds is 8. The molecule has 0 radical (unpaired) electrons. The number of anilines is 1. The molecule has 3 N–H and O–H groups in total. The lowest BCUT2D eigenvalue weighted by Crippen LogP contribution is -2.36. The lowest BCUT2D eigenvalue weighted by atomic mass is 10.2. The molecule has 1 heterocycles. The molecule has 1 aliphatic heterocycles. The minimum atomic E-state index is -3.74. The fraction of sp³-hybridized carbons (Fsp3) is 0.333. The van der Waals surface area contributed by atoms with Crippen molar-refractivity contribution in [3.63, 3.8) is 0 Å².